The van der Waals surface area contributed by atoms with E-state index in [1.807, 2.05) is 109 Å². The van der Waals surface area contributed by atoms with E-state index in [1.165, 1.54) is 17.3 Å². The van der Waals surface area contributed by atoms with Crippen molar-refractivity contribution in [2.45, 2.75) is 34.4 Å². The van der Waals surface area contributed by atoms with Gasteiger partial charge in [-0.25, -0.2) is 8.42 Å². The van der Waals surface area contributed by atoms with E-state index >= 15 is 0 Å². The molecule has 1 atom stereocenters. The average Bonchev–Trinajstić information content (AvgIpc) is 3.13. The first-order valence-electron chi connectivity index (χ1n) is 15.8. The number of carbonyl (C=O) groups is 1. The summed E-state index contributed by atoms with van der Waals surface area (Å²) in [6, 6.07) is 45.7. The molecule has 5 aromatic rings. The number of benzene rings is 5. The number of nitrogens with one attached hydrogen (secondary N) is 1. The Morgan fingerprint density at radius 3 is 1.60 bits per heavy atom. The van der Waals surface area contributed by atoms with Crippen LogP contribution in [-0.2, 0) is 19.6 Å². The van der Waals surface area contributed by atoms with Crippen molar-refractivity contribution in [2.75, 3.05) is 23.7 Å². The van der Waals surface area contributed by atoms with Gasteiger partial charge >= 0.3 is 35.5 Å². The number of carboxylic acids is 1. The van der Waals surface area contributed by atoms with Crippen molar-refractivity contribution in [3.63, 3.8) is 0 Å². The Bertz CT molecular complexity index is 1760. The van der Waals surface area contributed by atoms with E-state index in [0.717, 1.165) is 48.3 Å². The molecule has 6 rings (SSSR count). The molecule has 1 heterocycles. The molecule has 1 unspecified atom stereocenters. The van der Waals surface area contributed by atoms with E-state index in [2.05, 4.69) is 33.9 Å². The molecule has 0 aliphatic carbocycles. The number of thioether (sulfide) groups is 1. The van der Waals surface area contributed by atoms with Crippen molar-refractivity contribution in [1.29, 1.82) is 0 Å². The van der Waals surface area contributed by atoms with Crippen LogP contribution in [-0.4, -0.2) is 73.9 Å². The summed E-state index contributed by atoms with van der Waals surface area (Å²) in [7, 11) is -4.12. The molecule has 6 nitrogen and oxygen atoms in total. The van der Waals surface area contributed by atoms with Crippen molar-refractivity contribution in [3.05, 3.63) is 168 Å². The molecular weight excluding hydrogens is 648 g/mol. The third-order valence-corrected chi connectivity index (χ3v) is 12.0. The first kappa shape index (κ1) is 35.9. The van der Waals surface area contributed by atoms with Crippen LogP contribution < -0.4 is 9.62 Å². The van der Waals surface area contributed by atoms with Gasteiger partial charge in [-0.15, -0.1) is 11.8 Å². The fourth-order valence-electron chi connectivity index (χ4n) is 6.42. The molecule has 1 aliphatic heterocycles. The van der Waals surface area contributed by atoms with E-state index in [9.17, 15) is 18.3 Å². The molecule has 9 heteroatoms. The standard InChI is InChI=1S/C39H38N2O4S2.Na.H/c42-38(43)37(29-46-39(32-15-7-2-8-16-32,33-17-9-3-10-18-33)34-19-11-4-12-20-34)40-47(44,45)36-23-21-35(22-24-36)41-27-25-31(26-28-41)30-13-5-1-6-14-30;;/h1-24,31,37,40H,25-29H2,(H,42,43);;. The number of hydrogen-bond acceptors (Lipinski definition) is 5. The third-order valence-electron chi connectivity index (χ3n) is 8.88. The third kappa shape index (κ3) is 8.08. The van der Waals surface area contributed by atoms with Crippen LogP contribution >= 0.6 is 11.8 Å². The fourth-order valence-corrected chi connectivity index (χ4v) is 9.27. The first-order valence-corrected chi connectivity index (χ1v) is 18.3. The molecule has 2 N–H and O–H groups in total. The van der Waals surface area contributed by atoms with Gasteiger partial charge in [0.25, 0.3) is 0 Å². The summed E-state index contributed by atoms with van der Waals surface area (Å²) in [5.41, 5.74) is 5.23. The van der Waals surface area contributed by atoms with Gasteiger partial charge in [0.2, 0.25) is 10.0 Å². The molecule has 5 aromatic carbocycles. The van der Waals surface area contributed by atoms with Crippen LogP contribution in [0, 0.1) is 0 Å². The van der Waals surface area contributed by atoms with Crippen LogP contribution in [0.25, 0.3) is 0 Å². The van der Waals surface area contributed by atoms with E-state index in [0.29, 0.717) is 5.92 Å². The van der Waals surface area contributed by atoms with E-state index in [4.69, 9.17) is 0 Å². The first-order chi connectivity index (χ1) is 22.9. The Hall–Kier alpha value is -3.37. The summed E-state index contributed by atoms with van der Waals surface area (Å²) in [5, 5.41) is 10.3. The summed E-state index contributed by atoms with van der Waals surface area (Å²) >= 11 is 1.41. The molecule has 0 amide bonds. The number of aliphatic carboxylic acids is 1. The van der Waals surface area contributed by atoms with Crippen molar-refractivity contribution >= 4 is 63.0 Å². The van der Waals surface area contributed by atoms with Crippen LogP contribution in [0.5, 0.6) is 0 Å². The fraction of sp³-hybridized carbons (Fsp3) is 0.205. The van der Waals surface area contributed by atoms with Crippen molar-refractivity contribution in [2.24, 2.45) is 0 Å². The second-order valence-corrected chi connectivity index (χ2v) is 14.7. The normalized spacial score (nSPS) is 14.5. The Kier molecular flexibility index (Phi) is 12.2. The molecule has 1 saturated heterocycles. The maximum atomic E-state index is 13.6. The Balaban J connectivity index is 0.00000451. The maximum absolute atomic E-state index is 13.6. The van der Waals surface area contributed by atoms with Gasteiger partial charge in [-0.3, -0.25) is 4.79 Å². The Morgan fingerprint density at radius 1 is 0.729 bits per heavy atom. The number of nitrogens with zero attached hydrogens (tertiary/aromatic N) is 1. The summed E-state index contributed by atoms with van der Waals surface area (Å²) in [5.74, 6) is -0.726. The summed E-state index contributed by atoms with van der Waals surface area (Å²) < 4.78 is 28.9. The summed E-state index contributed by atoms with van der Waals surface area (Å²) in [6.07, 6.45) is 2.06. The van der Waals surface area contributed by atoms with Gasteiger partial charge < -0.3 is 10.0 Å². The molecule has 1 aliphatic rings. The number of anilines is 1. The topological polar surface area (TPSA) is 86.7 Å². The number of carboxylic acid groups (broad SMARTS) is 1. The van der Waals surface area contributed by atoms with Crippen LogP contribution in [0.3, 0.4) is 0 Å². The van der Waals surface area contributed by atoms with Crippen LogP contribution in [0.2, 0.25) is 0 Å². The molecule has 0 saturated carbocycles. The average molecular weight is 687 g/mol. The number of piperidine rings is 1. The van der Waals surface area contributed by atoms with Crippen LogP contribution in [0.4, 0.5) is 5.69 Å². The zero-order chi connectivity index (χ0) is 32.7. The molecule has 0 bridgehead atoms. The van der Waals surface area contributed by atoms with Gasteiger partial charge in [-0.05, 0) is 65.3 Å². The zero-order valence-electron chi connectivity index (χ0n) is 26.0. The minimum atomic E-state index is -4.12. The molecule has 242 valence electrons. The number of sulfonamides is 1. The molecule has 1 fully saturated rings. The van der Waals surface area contributed by atoms with Crippen molar-refractivity contribution in [1.82, 2.24) is 4.72 Å². The number of rotatable bonds is 12. The van der Waals surface area contributed by atoms with Crippen LogP contribution in [0.1, 0.15) is 41.0 Å². The zero-order valence-corrected chi connectivity index (χ0v) is 27.6. The SMILES string of the molecule is O=C(O)C(CSC(c1ccccc1)(c1ccccc1)c1ccccc1)NS(=O)(=O)c1ccc(N2CCC(c3ccccc3)CC2)cc1.[NaH]. The Labute approximate surface area is 310 Å². The van der Waals surface area contributed by atoms with Crippen LogP contribution in [0.15, 0.2) is 150 Å². The predicted octanol–water partition coefficient (Wildman–Crippen LogP) is 6.88. The molecule has 0 aromatic heterocycles. The van der Waals surface area contributed by atoms with Crippen molar-refractivity contribution < 1.29 is 18.3 Å². The number of hydrogen-bond donors (Lipinski definition) is 2. The van der Waals surface area contributed by atoms with Gasteiger partial charge in [0.15, 0.2) is 0 Å². The molecule has 48 heavy (non-hydrogen) atoms. The summed E-state index contributed by atoms with van der Waals surface area (Å²) in [6.45, 7) is 1.77. The van der Waals surface area contributed by atoms with Crippen molar-refractivity contribution in [3.8, 4) is 0 Å². The molecular formula is C39H39N2NaO4S2. The predicted molar refractivity (Wildman–Crippen MR) is 198 cm³/mol. The second kappa shape index (κ2) is 16.4. The van der Waals surface area contributed by atoms with Gasteiger partial charge in [-0.2, -0.15) is 4.72 Å². The quantitative estimate of drug-likeness (QED) is 0.110. The summed E-state index contributed by atoms with van der Waals surface area (Å²) in [4.78, 5) is 14.9. The van der Waals surface area contributed by atoms with E-state index < -0.39 is 26.8 Å². The monoisotopic (exact) mass is 686 g/mol. The minimum absolute atomic E-state index is 0. The molecule has 0 spiro atoms. The molecule has 0 radical (unpaired) electrons. The van der Waals surface area contributed by atoms with E-state index in [1.54, 1.807) is 12.1 Å². The second-order valence-electron chi connectivity index (χ2n) is 11.8. The van der Waals surface area contributed by atoms with E-state index in [-0.39, 0.29) is 40.2 Å². The van der Waals surface area contributed by atoms with Gasteiger partial charge in [0, 0.05) is 24.5 Å². The van der Waals surface area contributed by atoms with Gasteiger partial charge in [-0.1, -0.05) is 121 Å². The van der Waals surface area contributed by atoms with Gasteiger partial charge in [0.1, 0.15) is 6.04 Å². The van der Waals surface area contributed by atoms with Gasteiger partial charge in [0.05, 0.1) is 9.64 Å². The Morgan fingerprint density at radius 2 is 1.17 bits per heavy atom.